The molecule has 2 aromatic carbocycles. The van der Waals surface area contributed by atoms with Crippen molar-refractivity contribution in [2.24, 2.45) is 0 Å². The van der Waals surface area contributed by atoms with Crippen LogP contribution in [0.1, 0.15) is 31.9 Å². The number of nitrogens with one attached hydrogen (secondary N) is 1. The van der Waals surface area contributed by atoms with Gasteiger partial charge in [0, 0.05) is 17.0 Å². The maximum absolute atomic E-state index is 13.0. The number of benzene rings is 2. The van der Waals surface area contributed by atoms with Crippen molar-refractivity contribution in [3.8, 4) is 11.3 Å². The molecule has 0 unspecified atom stereocenters. The molecule has 0 spiro atoms. The van der Waals surface area contributed by atoms with E-state index in [2.05, 4.69) is 43.2 Å². The van der Waals surface area contributed by atoms with E-state index in [-0.39, 0.29) is 17.1 Å². The lowest BCUT2D eigenvalue weighted by Crippen LogP contribution is -2.10. The van der Waals surface area contributed by atoms with E-state index >= 15 is 0 Å². The lowest BCUT2D eigenvalue weighted by molar-refractivity contribution is -0.111. The number of hydrogen-bond donors (Lipinski definition) is 1. The van der Waals surface area contributed by atoms with Crippen LogP contribution in [0.3, 0.4) is 0 Å². The van der Waals surface area contributed by atoms with Gasteiger partial charge in [-0.15, -0.1) is 11.3 Å². The number of carbonyl (C=O) groups excluding carboxylic acids is 1. The molecule has 0 radical (unpaired) electrons. The zero-order valence-electron chi connectivity index (χ0n) is 15.5. The van der Waals surface area contributed by atoms with Gasteiger partial charge in [-0.1, -0.05) is 45.0 Å². The second-order valence-electron chi connectivity index (χ2n) is 7.24. The Bertz CT molecular complexity index is 951. The molecule has 0 saturated carbocycles. The Labute approximate surface area is 162 Å². The molecule has 27 heavy (non-hydrogen) atoms. The summed E-state index contributed by atoms with van der Waals surface area (Å²) < 4.78 is 13.0. The average Bonchev–Trinajstić information content (AvgIpc) is 3.08. The molecule has 1 N–H and O–H groups in total. The Balaban J connectivity index is 1.62. The van der Waals surface area contributed by atoms with E-state index in [1.807, 2.05) is 17.5 Å². The number of carbonyl (C=O) groups is 1. The van der Waals surface area contributed by atoms with Gasteiger partial charge in [0.1, 0.15) is 5.82 Å². The summed E-state index contributed by atoms with van der Waals surface area (Å²) in [5.41, 5.74) is 3.83. The van der Waals surface area contributed by atoms with Crippen LogP contribution in [0, 0.1) is 5.82 Å². The highest BCUT2D eigenvalue weighted by molar-refractivity contribution is 7.14. The molecule has 0 bridgehead atoms. The monoisotopic (exact) mass is 380 g/mol. The number of anilines is 1. The van der Waals surface area contributed by atoms with Crippen LogP contribution >= 0.6 is 11.3 Å². The van der Waals surface area contributed by atoms with E-state index in [0.717, 1.165) is 11.1 Å². The molecule has 0 aliphatic carbocycles. The highest BCUT2D eigenvalue weighted by atomic mass is 32.1. The van der Waals surface area contributed by atoms with Crippen LogP contribution in [0.4, 0.5) is 9.52 Å². The Morgan fingerprint density at radius 2 is 1.74 bits per heavy atom. The highest BCUT2D eigenvalue weighted by Gasteiger charge is 2.12. The third-order valence-electron chi connectivity index (χ3n) is 4.08. The predicted molar refractivity (Wildman–Crippen MR) is 110 cm³/mol. The lowest BCUT2D eigenvalue weighted by atomic mass is 9.87. The van der Waals surface area contributed by atoms with Gasteiger partial charge in [-0.25, -0.2) is 9.37 Å². The SMILES string of the molecule is CC(C)(C)c1ccc(C=CC(=O)Nc2nc(-c3ccc(F)cc3)cs2)cc1. The summed E-state index contributed by atoms with van der Waals surface area (Å²) in [6.45, 7) is 6.50. The largest absolute Gasteiger partial charge is 0.298 e. The Morgan fingerprint density at radius 1 is 1.07 bits per heavy atom. The van der Waals surface area contributed by atoms with Crippen LogP contribution in [0.25, 0.3) is 17.3 Å². The number of thiazole rings is 1. The second-order valence-corrected chi connectivity index (χ2v) is 8.10. The summed E-state index contributed by atoms with van der Waals surface area (Å²) in [7, 11) is 0. The van der Waals surface area contributed by atoms with Crippen molar-refractivity contribution in [2.75, 3.05) is 5.32 Å². The van der Waals surface area contributed by atoms with Crippen LogP contribution in [0.15, 0.2) is 60.0 Å². The topological polar surface area (TPSA) is 42.0 Å². The van der Waals surface area contributed by atoms with Gasteiger partial charge in [0.25, 0.3) is 0 Å². The van der Waals surface area contributed by atoms with Crippen molar-refractivity contribution >= 4 is 28.5 Å². The summed E-state index contributed by atoms with van der Waals surface area (Å²) >= 11 is 1.33. The van der Waals surface area contributed by atoms with Crippen LogP contribution < -0.4 is 5.32 Å². The molecule has 0 atom stereocenters. The molecule has 5 heteroatoms. The van der Waals surface area contributed by atoms with Gasteiger partial charge >= 0.3 is 0 Å². The zero-order chi connectivity index (χ0) is 19.4. The first-order valence-corrected chi connectivity index (χ1v) is 9.50. The maximum Gasteiger partial charge on any atom is 0.250 e. The molecule has 0 fully saturated rings. The number of nitrogens with zero attached hydrogens (tertiary/aromatic N) is 1. The molecule has 3 nitrogen and oxygen atoms in total. The van der Waals surface area contributed by atoms with Crippen LogP contribution in [0.2, 0.25) is 0 Å². The van der Waals surface area contributed by atoms with Gasteiger partial charge in [-0.3, -0.25) is 10.1 Å². The van der Waals surface area contributed by atoms with Gasteiger partial charge in [-0.2, -0.15) is 0 Å². The van der Waals surface area contributed by atoms with Crippen LogP contribution in [-0.2, 0) is 10.2 Å². The summed E-state index contributed by atoms with van der Waals surface area (Å²) in [4.78, 5) is 16.5. The highest BCUT2D eigenvalue weighted by Crippen LogP contribution is 2.25. The minimum atomic E-state index is -0.289. The van der Waals surface area contributed by atoms with E-state index in [1.165, 1.54) is 35.1 Å². The first kappa shape index (κ1) is 19.0. The predicted octanol–water partition coefficient (Wildman–Crippen LogP) is 5.90. The summed E-state index contributed by atoms with van der Waals surface area (Å²) in [6, 6.07) is 14.3. The number of rotatable bonds is 4. The summed E-state index contributed by atoms with van der Waals surface area (Å²) in [6.07, 6.45) is 3.27. The van der Waals surface area contributed by atoms with E-state index in [4.69, 9.17) is 0 Å². The smallest absolute Gasteiger partial charge is 0.250 e. The van der Waals surface area contributed by atoms with E-state index in [0.29, 0.717) is 10.8 Å². The third kappa shape index (κ3) is 5.11. The molecular formula is C22H21FN2OS. The summed E-state index contributed by atoms with van der Waals surface area (Å²) in [5.74, 6) is -0.530. The average molecular weight is 380 g/mol. The normalized spacial score (nSPS) is 11.7. The van der Waals surface area contributed by atoms with Gasteiger partial charge in [0.15, 0.2) is 5.13 Å². The lowest BCUT2D eigenvalue weighted by Gasteiger charge is -2.18. The fourth-order valence-corrected chi connectivity index (χ4v) is 3.22. The molecule has 1 amide bonds. The van der Waals surface area contributed by atoms with Crippen LogP contribution in [-0.4, -0.2) is 10.9 Å². The minimum Gasteiger partial charge on any atom is -0.298 e. The zero-order valence-corrected chi connectivity index (χ0v) is 16.3. The number of hydrogen-bond acceptors (Lipinski definition) is 3. The minimum absolute atomic E-state index is 0.104. The van der Waals surface area contributed by atoms with Gasteiger partial charge in [0.05, 0.1) is 5.69 Å². The van der Waals surface area contributed by atoms with Gasteiger partial charge in [-0.05, 0) is 46.9 Å². The maximum atomic E-state index is 13.0. The van der Waals surface area contributed by atoms with E-state index < -0.39 is 0 Å². The summed E-state index contributed by atoms with van der Waals surface area (Å²) in [5, 5.41) is 5.09. The first-order chi connectivity index (χ1) is 12.8. The van der Waals surface area contributed by atoms with Crippen LogP contribution in [0.5, 0.6) is 0 Å². The Hall–Kier alpha value is -2.79. The van der Waals surface area contributed by atoms with Crippen molar-refractivity contribution in [1.29, 1.82) is 0 Å². The van der Waals surface area contributed by atoms with Crippen molar-refractivity contribution in [3.05, 3.63) is 76.9 Å². The van der Waals surface area contributed by atoms with Gasteiger partial charge in [0.2, 0.25) is 5.91 Å². The molecule has 3 aromatic rings. The fraction of sp³-hybridized carbons (Fsp3) is 0.182. The second kappa shape index (κ2) is 7.84. The molecule has 0 aliphatic heterocycles. The quantitative estimate of drug-likeness (QED) is 0.573. The van der Waals surface area contributed by atoms with Crippen molar-refractivity contribution in [2.45, 2.75) is 26.2 Å². The molecule has 1 aromatic heterocycles. The van der Waals surface area contributed by atoms with Crippen molar-refractivity contribution < 1.29 is 9.18 Å². The molecule has 3 rings (SSSR count). The number of amides is 1. The standard InChI is InChI=1S/C22H21FN2OS/c1-22(2,3)17-9-4-15(5-10-17)6-13-20(26)25-21-24-19(14-27-21)16-7-11-18(23)12-8-16/h4-14H,1-3H3,(H,24,25,26). The van der Waals surface area contributed by atoms with E-state index in [1.54, 1.807) is 18.2 Å². The number of aromatic nitrogens is 1. The Kier molecular flexibility index (Phi) is 5.51. The first-order valence-electron chi connectivity index (χ1n) is 8.62. The van der Waals surface area contributed by atoms with E-state index in [9.17, 15) is 9.18 Å². The molecule has 1 heterocycles. The van der Waals surface area contributed by atoms with Crippen molar-refractivity contribution in [3.63, 3.8) is 0 Å². The molecular weight excluding hydrogens is 359 g/mol. The fourth-order valence-electron chi connectivity index (χ4n) is 2.50. The molecule has 0 saturated heterocycles. The van der Waals surface area contributed by atoms with Gasteiger partial charge < -0.3 is 0 Å². The molecule has 0 aliphatic rings. The Morgan fingerprint density at radius 3 is 2.37 bits per heavy atom. The third-order valence-corrected chi connectivity index (χ3v) is 4.84. The van der Waals surface area contributed by atoms with Crippen molar-refractivity contribution in [1.82, 2.24) is 4.98 Å². The molecule has 138 valence electrons. The number of halogens is 1.